The lowest BCUT2D eigenvalue weighted by Crippen LogP contribution is -2.43. The highest BCUT2D eigenvalue weighted by Gasteiger charge is 2.58. The summed E-state index contributed by atoms with van der Waals surface area (Å²) in [7, 11) is 0. The zero-order chi connectivity index (χ0) is 29.4. The number of aliphatic hydroxyl groups is 1. The van der Waals surface area contributed by atoms with Crippen LogP contribution < -0.4 is 0 Å². The van der Waals surface area contributed by atoms with Crippen LogP contribution in [0.3, 0.4) is 0 Å². The third-order valence-corrected chi connectivity index (χ3v) is 5.42. The normalized spacial score (nSPS) is 17.5. The van der Waals surface area contributed by atoms with E-state index >= 15 is 0 Å². The maximum Gasteiger partial charge on any atom is 0.455 e. The first-order chi connectivity index (χ1) is 16.4. The maximum absolute atomic E-state index is 13.0. The molecule has 0 bridgehead atoms. The third-order valence-electron chi connectivity index (χ3n) is 5.42. The van der Waals surface area contributed by atoms with Gasteiger partial charge in [-0.25, -0.2) is 0 Å². The number of halogens is 10. The van der Waals surface area contributed by atoms with E-state index in [2.05, 4.69) is 9.47 Å². The molecule has 5 nitrogen and oxygen atoms in total. The second kappa shape index (κ2) is 13.4. The van der Waals surface area contributed by atoms with Crippen molar-refractivity contribution in [3.05, 3.63) is 0 Å². The van der Waals surface area contributed by atoms with E-state index in [4.69, 9.17) is 9.47 Å². The first kappa shape index (κ1) is 36.1. The lowest BCUT2D eigenvalue weighted by atomic mass is 9.89. The Morgan fingerprint density at radius 3 is 1.05 bits per heavy atom. The first-order valence-electron chi connectivity index (χ1n) is 11.3. The van der Waals surface area contributed by atoms with Crippen LogP contribution in [-0.4, -0.2) is 88.8 Å². The molecule has 1 N–H and O–H groups in total. The summed E-state index contributed by atoms with van der Waals surface area (Å²) in [6.07, 6.45) is -11.1. The molecule has 0 saturated heterocycles. The summed E-state index contributed by atoms with van der Waals surface area (Å²) in [5, 5.41) is 9.51. The van der Waals surface area contributed by atoms with Crippen LogP contribution in [-0.2, 0) is 18.9 Å². The summed E-state index contributed by atoms with van der Waals surface area (Å²) in [5.74, 6) is -10.0. The number of hydrogen-bond donors (Lipinski definition) is 1. The molecule has 0 aliphatic rings. The largest absolute Gasteiger partial charge is 0.455 e. The van der Waals surface area contributed by atoms with Crippen LogP contribution >= 0.6 is 0 Å². The Morgan fingerprint density at radius 2 is 0.784 bits per heavy atom. The smallest absolute Gasteiger partial charge is 0.396 e. The molecule has 0 aromatic rings. The summed E-state index contributed by atoms with van der Waals surface area (Å²) in [6, 6.07) is 0. The van der Waals surface area contributed by atoms with Crippen molar-refractivity contribution in [1.29, 1.82) is 0 Å². The molecular weight excluding hydrogens is 534 g/mol. The van der Waals surface area contributed by atoms with Gasteiger partial charge in [0.05, 0.1) is 46.2 Å². The lowest BCUT2D eigenvalue weighted by Gasteiger charge is -2.33. The summed E-state index contributed by atoms with van der Waals surface area (Å²) in [5.41, 5.74) is -2.79. The molecule has 0 aromatic carbocycles. The van der Waals surface area contributed by atoms with Gasteiger partial charge in [-0.05, 0) is 6.42 Å². The van der Waals surface area contributed by atoms with Crippen molar-refractivity contribution in [2.75, 3.05) is 59.5 Å². The molecule has 0 aliphatic carbocycles. The number of hydrogen-bond acceptors (Lipinski definition) is 5. The topological polar surface area (TPSA) is 57.2 Å². The van der Waals surface area contributed by atoms with Crippen LogP contribution in [0.2, 0.25) is 0 Å². The molecule has 0 amide bonds. The minimum atomic E-state index is -5.77. The Bertz CT molecular complexity index is 615. The maximum atomic E-state index is 13.0. The number of ether oxygens (including phenoxy) is 4. The van der Waals surface area contributed by atoms with E-state index in [-0.39, 0.29) is 26.4 Å². The molecule has 0 rings (SSSR count). The van der Waals surface area contributed by atoms with E-state index in [0.29, 0.717) is 6.42 Å². The van der Waals surface area contributed by atoms with E-state index in [1.807, 2.05) is 0 Å². The number of aliphatic hydroxyl groups excluding tert-OH is 1. The highest BCUT2D eigenvalue weighted by Crippen LogP contribution is 2.37. The molecule has 224 valence electrons. The van der Waals surface area contributed by atoms with Crippen LogP contribution in [0.15, 0.2) is 0 Å². The molecule has 2 unspecified atom stereocenters. The fourth-order valence-corrected chi connectivity index (χ4v) is 2.58. The lowest BCUT2D eigenvalue weighted by molar-refractivity contribution is -0.298. The second-order valence-corrected chi connectivity index (χ2v) is 10.7. The standard InChI is InChI=1S/C22H36F10O5/c1-6-17(4,11-36-14-19(23,24)21(27,28)29)10-34-8-16(2,3)9-35-12-18(5,7-33)13-37-15-20(25,26)22(30,31)32/h33H,6-15H2,1-5H3. The van der Waals surface area contributed by atoms with Crippen LogP contribution in [0.1, 0.15) is 41.0 Å². The summed E-state index contributed by atoms with van der Waals surface area (Å²) >= 11 is 0. The van der Waals surface area contributed by atoms with Gasteiger partial charge < -0.3 is 24.1 Å². The molecule has 0 fully saturated rings. The Morgan fingerprint density at radius 1 is 0.486 bits per heavy atom. The van der Waals surface area contributed by atoms with Crippen LogP contribution in [0.5, 0.6) is 0 Å². The second-order valence-electron chi connectivity index (χ2n) is 10.7. The van der Waals surface area contributed by atoms with Gasteiger partial charge in [0.2, 0.25) is 0 Å². The van der Waals surface area contributed by atoms with Crippen molar-refractivity contribution < 1.29 is 68.0 Å². The predicted molar refractivity (Wildman–Crippen MR) is 113 cm³/mol. The molecule has 0 spiro atoms. The molecule has 0 saturated carbocycles. The zero-order valence-corrected chi connectivity index (χ0v) is 21.4. The van der Waals surface area contributed by atoms with E-state index in [1.54, 1.807) is 27.7 Å². The molecule has 37 heavy (non-hydrogen) atoms. The van der Waals surface area contributed by atoms with Gasteiger partial charge in [-0.15, -0.1) is 0 Å². The van der Waals surface area contributed by atoms with Gasteiger partial charge in [-0.3, -0.25) is 0 Å². The molecular formula is C22H36F10O5. The van der Waals surface area contributed by atoms with Gasteiger partial charge in [0.25, 0.3) is 0 Å². The predicted octanol–water partition coefficient (Wildman–Crippen LogP) is 5.89. The average molecular weight is 571 g/mol. The van der Waals surface area contributed by atoms with Gasteiger partial charge in [0, 0.05) is 16.2 Å². The van der Waals surface area contributed by atoms with Crippen LogP contribution in [0, 0.1) is 16.2 Å². The van der Waals surface area contributed by atoms with Crippen LogP contribution in [0.25, 0.3) is 0 Å². The van der Waals surface area contributed by atoms with Crippen molar-refractivity contribution in [2.24, 2.45) is 16.2 Å². The Hall–Kier alpha value is -0.900. The number of alkyl halides is 10. The van der Waals surface area contributed by atoms with Gasteiger partial charge in [-0.1, -0.05) is 34.6 Å². The van der Waals surface area contributed by atoms with Gasteiger partial charge in [0.1, 0.15) is 13.2 Å². The molecule has 2 atom stereocenters. The van der Waals surface area contributed by atoms with E-state index < -0.39 is 73.5 Å². The fourth-order valence-electron chi connectivity index (χ4n) is 2.58. The fraction of sp³-hybridized carbons (Fsp3) is 1.00. The van der Waals surface area contributed by atoms with Gasteiger partial charge in [-0.2, -0.15) is 43.9 Å². The highest BCUT2D eigenvalue weighted by molar-refractivity contribution is 4.79. The zero-order valence-electron chi connectivity index (χ0n) is 21.4. The minimum Gasteiger partial charge on any atom is -0.396 e. The third kappa shape index (κ3) is 12.7. The van der Waals surface area contributed by atoms with E-state index in [1.165, 1.54) is 6.92 Å². The summed E-state index contributed by atoms with van der Waals surface area (Å²) in [6.45, 7) is 2.51. The highest BCUT2D eigenvalue weighted by atomic mass is 19.4. The van der Waals surface area contributed by atoms with Gasteiger partial charge >= 0.3 is 24.2 Å². The Labute approximate surface area is 209 Å². The Balaban J connectivity index is 4.61. The molecule has 0 heterocycles. The monoisotopic (exact) mass is 570 g/mol. The molecule has 15 heteroatoms. The van der Waals surface area contributed by atoms with Crippen molar-refractivity contribution in [2.45, 2.75) is 65.2 Å². The summed E-state index contributed by atoms with van der Waals surface area (Å²) < 4.78 is 146. The van der Waals surface area contributed by atoms with Crippen molar-refractivity contribution in [1.82, 2.24) is 0 Å². The average Bonchev–Trinajstić information content (AvgIpc) is 2.71. The summed E-state index contributed by atoms with van der Waals surface area (Å²) in [4.78, 5) is 0. The number of rotatable bonds is 18. The first-order valence-corrected chi connectivity index (χ1v) is 11.3. The van der Waals surface area contributed by atoms with Crippen molar-refractivity contribution in [3.8, 4) is 0 Å². The van der Waals surface area contributed by atoms with Crippen molar-refractivity contribution in [3.63, 3.8) is 0 Å². The Kier molecular flexibility index (Phi) is 13.1. The molecule has 0 radical (unpaired) electrons. The van der Waals surface area contributed by atoms with E-state index in [9.17, 15) is 49.0 Å². The molecule has 0 aliphatic heterocycles. The van der Waals surface area contributed by atoms with Crippen LogP contribution in [0.4, 0.5) is 43.9 Å². The van der Waals surface area contributed by atoms with Gasteiger partial charge in [0.15, 0.2) is 0 Å². The minimum absolute atomic E-state index is 0.0123. The quantitative estimate of drug-likeness (QED) is 0.209. The molecule has 0 aromatic heterocycles. The SMILES string of the molecule is CCC(C)(COCC(C)(C)COCC(C)(CO)COCC(F)(F)C(F)(F)F)COCC(F)(F)C(F)(F)F. The van der Waals surface area contributed by atoms with Crippen molar-refractivity contribution >= 4 is 0 Å². The van der Waals surface area contributed by atoms with E-state index in [0.717, 1.165) is 0 Å².